The van der Waals surface area contributed by atoms with Crippen LogP contribution in [-0.4, -0.2) is 24.0 Å². The third kappa shape index (κ3) is 4.64. The molecule has 0 aliphatic rings. The maximum absolute atomic E-state index is 12.9. The van der Waals surface area contributed by atoms with E-state index in [1.807, 2.05) is 18.2 Å². The molecule has 0 fully saturated rings. The number of fused-ring (bicyclic) bond motifs is 1. The number of methoxy groups -OCH3 is 1. The van der Waals surface area contributed by atoms with E-state index < -0.39 is 0 Å². The Bertz CT molecular complexity index is 974. The summed E-state index contributed by atoms with van der Waals surface area (Å²) >= 11 is 0. The molecular weight excluding hydrogens is 360 g/mol. The summed E-state index contributed by atoms with van der Waals surface area (Å²) in [5.74, 6) is 1.22. The molecule has 29 heavy (non-hydrogen) atoms. The van der Waals surface area contributed by atoms with Crippen LogP contribution in [0.25, 0.3) is 10.9 Å². The first kappa shape index (κ1) is 21.0. The van der Waals surface area contributed by atoms with E-state index in [9.17, 15) is 4.79 Å². The standard InChI is InChI=1S/C25H32N2O2/c1-6-18-9-8-12-21-23(15-26-25(18)21)22(14-24(28)27-17(4)16(2)3)19-10-7-11-20(13-19)29-5/h7-13,15-17,22,26H,6,14H2,1-5H3,(H,27,28)/t17-,22-/m1/s1. The van der Waals surface area contributed by atoms with Crippen molar-refractivity contribution in [2.24, 2.45) is 5.92 Å². The van der Waals surface area contributed by atoms with Gasteiger partial charge in [0, 0.05) is 35.5 Å². The Kier molecular flexibility index (Phi) is 6.63. The molecule has 1 heterocycles. The van der Waals surface area contributed by atoms with Gasteiger partial charge in [0.1, 0.15) is 5.75 Å². The van der Waals surface area contributed by atoms with Crippen LogP contribution in [0.2, 0.25) is 0 Å². The first-order valence-corrected chi connectivity index (χ1v) is 10.5. The molecule has 2 aromatic carbocycles. The molecule has 3 rings (SSSR count). The molecule has 2 atom stereocenters. The summed E-state index contributed by atoms with van der Waals surface area (Å²) in [6, 6.07) is 14.6. The molecule has 1 amide bonds. The van der Waals surface area contributed by atoms with Crippen LogP contribution in [0.1, 0.15) is 56.7 Å². The Balaban J connectivity index is 2.02. The number of para-hydroxylation sites is 1. The van der Waals surface area contributed by atoms with Crippen LogP contribution in [0, 0.1) is 5.92 Å². The SMILES string of the molecule is CCc1cccc2c([C@H](CC(=O)N[C@H](C)C(C)C)c3cccc(OC)c3)c[nH]c12. The van der Waals surface area contributed by atoms with Gasteiger partial charge in [-0.2, -0.15) is 0 Å². The molecule has 0 saturated carbocycles. The Morgan fingerprint density at radius 2 is 1.90 bits per heavy atom. The number of rotatable bonds is 8. The number of H-pyrrole nitrogens is 1. The van der Waals surface area contributed by atoms with Crippen molar-refractivity contribution in [1.82, 2.24) is 10.3 Å². The molecule has 4 heteroatoms. The Morgan fingerprint density at radius 3 is 2.59 bits per heavy atom. The molecule has 0 spiro atoms. The quantitative estimate of drug-likeness (QED) is 0.538. The second-order valence-corrected chi connectivity index (χ2v) is 8.07. The van der Waals surface area contributed by atoms with Crippen LogP contribution in [0.4, 0.5) is 0 Å². The molecule has 1 aromatic heterocycles. The molecule has 0 aliphatic carbocycles. The minimum atomic E-state index is -0.0506. The van der Waals surface area contributed by atoms with Gasteiger partial charge in [-0.15, -0.1) is 0 Å². The topological polar surface area (TPSA) is 54.1 Å². The average Bonchev–Trinajstić information content (AvgIpc) is 3.15. The highest BCUT2D eigenvalue weighted by atomic mass is 16.5. The maximum Gasteiger partial charge on any atom is 0.221 e. The first-order valence-electron chi connectivity index (χ1n) is 10.5. The van der Waals surface area contributed by atoms with Crippen molar-refractivity contribution in [3.8, 4) is 5.75 Å². The number of carbonyl (C=O) groups is 1. The number of hydrogen-bond acceptors (Lipinski definition) is 2. The number of aromatic amines is 1. The monoisotopic (exact) mass is 392 g/mol. The molecule has 3 aromatic rings. The van der Waals surface area contributed by atoms with Crippen LogP contribution in [0.15, 0.2) is 48.7 Å². The second kappa shape index (κ2) is 9.17. The molecule has 154 valence electrons. The van der Waals surface area contributed by atoms with Crippen LogP contribution in [0.3, 0.4) is 0 Å². The van der Waals surface area contributed by atoms with Gasteiger partial charge in [-0.05, 0) is 48.1 Å². The third-order valence-corrected chi connectivity index (χ3v) is 5.86. The molecule has 0 unspecified atom stereocenters. The van der Waals surface area contributed by atoms with Crippen molar-refractivity contribution in [1.29, 1.82) is 0 Å². The summed E-state index contributed by atoms with van der Waals surface area (Å²) in [7, 11) is 1.67. The van der Waals surface area contributed by atoms with Crippen molar-refractivity contribution in [3.63, 3.8) is 0 Å². The predicted molar refractivity (Wildman–Crippen MR) is 120 cm³/mol. The summed E-state index contributed by atoms with van der Waals surface area (Å²) < 4.78 is 5.44. The van der Waals surface area contributed by atoms with E-state index >= 15 is 0 Å². The van der Waals surface area contributed by atoms with E-state index in [1.54, 1.807) is 7.11 Å². The van der Waals surface area contributed by atoms with Crippen molar-refractivity contribution >= 4 is 16.8 Å². The summed E-state index contributed by atoms with van der Waals surface area (Å²) in [5.41, 5.74) is 4.68. The lowest BCUT2D eigenvalue weighted by molar-refractivity contribution is -0.122. The van der Waals surface area contributed by atoms with E-state index in [1.165, 1.54) is 10.9 Å². The van der Waals surface area contributed by atoms with Crippen LogP contribution >= 0.6 is 0 Å². The fourth-order valence-electron chi connectivity index (χ4n) is 3.75. The van der Waals surface area contributed by atoms with E-state index in [0.29, 0.717) is 12.3 Å². The lowest BCUT2D eigenvalue weighted by Gasteiger charge is -2.21. The van der Waals surface area contributed by atoms with Crippen molar-refractivity contribution in [3.05, 3.63) is 65.4 Å². The summed E-state index contributed by atoms with van der Waals surface area (Å²) in [6.45, 7) is 8.46. The minimum absolute atomic E-state index is 0.0506. The highest BCUT2D eigenvalue weighted by Crippen LogP contribution is 2.35. The summed E-state index contributed by atoms with van der Waals surface area (Å²) in [5, 5.41) is 4.34. The van der Waals surface area contributed by atoms with Gasteiger partial charge in [0.2, 0.25) is 5.91 Å². The van der Waals surface area contributed by atoms with Crippen LogP contribution < -0.4 is 10.1 Å². The van der Waals surface area contributed by atoms with E-state index in [2.05, 4.69) is 68.5 Å². The molecule has 0 radical (unpaired) electrons. The highest BCUT2D eigenvalue weighted by molar-refractivity contribution is 5.88. The van der Waals surface area contributed by atoms with Gasteiger partial charge in [-0.25, -0.2) is 0 Å². The van der Waals surface area contributed by atoms with E-state index in [4.69, 9.17) is 4.74 Å². The lowest BCUT2D eigenvalue weighted by atomic mass is 9.87. The minimum Gasteiger partial charge on any atom is -0.497 e. The fourth-order valence-corrected chi connectivity index (χ4v) is 3.75. The number of aromatic nitrogens is 1. The molecule has 0 aliphatic heterocycles. The number of carbonyl (C=O) groups excluding carboxylic acids is 1. The first-order chi connectivity index (χ1) is 13.9. The van der Waals surface area contributed by atoms with Gasteiger partial charge in [0.15, 0.2) is 0 Å². The van der Waals surface area contributed by atoms with Crippen molar-refractivity contribution in [2.45, 2.75) is 52.5 Å². The Hall–Kier alpha value is -2.75. The smallest absolute Gasteiger partial charge is 0.221 e. The molecule has 4 nitrogen and oxygen atoms in total. The molecule has 0 bridgehead atoms. The van der Waals surface area contributed by atoms with Gasteiger partial charge in [-0.3, -0.25) is 4.79 Å². The van der Waals surface area contributed by atoms with Crippen LogP contribution in [-0.2, 0) is 11.2 Å². The third-order valence-electron chi connectivity index (χ3n) is 5.86. The number of amides is 1. The zero-order valence-corrected chi connectivity index (χ0v) is 18.1. The zero-order chi connectivity index (χ0) is 21.0. The lowest BCUT2D eigenvalue weighted by Crippen LogP contribution is -2.36. The fraction of sp³-hybridized carbons (Fsp3) is 0.400. The van der Waals surface area contributed by atoms with Gasteiger partial charge >= 0.3 is 0 Å². The Morgan fingerprint density at radius 1 is 1.14 bits per heavy atom. The molecular formula is C25H32N2O2. The number of nitrogens with one attached hydrogen (secondary N) is 2. The number of benzene rings is 2. The molecule has 2 N–H and O–H groups in total. The normalized spacial score (nSPS) is 13.4. The summed E-state index contributed by atoms with van der Waals surface area (Å²) in [4.78, 5) is 16.4. The van der Waals surface area contributed by atoms with Gasteiger partial charge in [0.25, 0.3) is 0 Å². The molecule has 0 saturated heterocycles. The van der Waals surface area contributed by atoms with Crippen molar-refractivity contribution in [2.75, 3.05) is 7.11 Å². The van der Waals surface area contributed by atoms with Gasteiger partial charge in [-0.1, -0.05) is 51.1 Å². The average molecular weight is 393 g/mol. The van der Waals surface area contributed by atoms with E-state index in [0.717, 1.165) is 28.8 Å². The number of hydrogen-bond donors (Lipinski definition) is 2. The number of aryl methyl sites for hydroxylation is 1. The largest absolute Gasteiger partial charge is 0.497 e. The highest BCUT2D eigenvalue weighted by Gasteiger charge is 2.23. The van der Waals surface area contributed by atoms with Crippen molar-refractivity contribution < 1.29 is 9.53 Å². The maximum atomic E-state index is 12.9. The van der Waals surface area contributed by atoms with Gasteiger partial charge < -0.3 is 15.0 Å². The summed E-state index contributed by atoms with van der Waals surface area (Å²) in [6.07, 6.45) is 3.42. The number of ether oxygens (including phenoxy) is 1. The van der Waals surface area contributed by atoms with E-state index in [-0.39, 0.29) is 17.9 Å². The van der Waals surface area contributed by atoms with Gasteiger partial charge in [0.05, 0.1) is 7.11 Å². The predicted octanol–water partition coefficient (Wildman–Crippen LogP) is 5.42. The zero-order valence-electron chi connectivity index (χ0n) is 18.1. The second-order valence-electron chi connectivity index (χ2n) is 8.07. The van der Waals surface area contributed by atoms with Crippen LogP contribution in [0.5, 0.6) is 5.75 Å². The Labute approximate surface area is 173 Å².